The first-order chi connectivity index (χ1) is 18.1. The van der Waals surface area contributed by atoms with Gasteiger partial charge in [-0.15, -0.1) is 0 Å². The molecule has 7 heteroatoms. The Morgan fingerprint density at radius 3 is 2.26 bits per heavy atom. The average Bonchev–Trinajstić information content (AvgIpc) is 2.88. The lowest BCUT2D eigenvalue weighted by Crippen LogP contribution is -2.22. The van der Waals surface area contributed by atoms with E-state index in [4.69, 9.17) is 13.9 Å². The van der Waals surface area contributed by atoms with Gasteiger partial charge >= 0.3 is 5.97 Å². The Labute approximate surface area is 221 Å². The van der Waals surface area contributed by atoms with Gasteiger partial charge < -0.3 is 19.2 Å². The first kappa shape index (κ1) is 26.7. The number of carbonyl (C=O) groups excluding carboxylic acids is 2. The topological polar surface area (TPSA) is 94.8 Å². The van der Waals surface area contributed by atoms with Crippen molar-refractivity contribution in [3.05, 3.63) is 93.6 Å². The monoisotopic (exact) mass is 513 g/mol. The van der Waals surface area contributed by atoms with Crippen LogP contribution in [0.1, 0.15) is 49.2 Å². The zero-order valence-corrected chi connectivity index (χ0v) is 22.2. The summed E-state index contributed by atoms with van der Waals surface area (Å²) >= 11 is 0. The Hall–Kier alpha value is -4.39. The molecule has 0 fully saturated rings. The Morgan fingerprint density at radius 1 is 0.947 bits per heavy atom. The maximum Gasteiger partial charge on any atom is 0.338 e. The fourth-order valence-corrected chi connectivity index (χ4v) is 3.97. The number of benzene rings is 3. The molecular weight excluding hydrogens is 482 g/mol. The number of carbonyl (C=O) groups is 2. The van der Waals surface area contributed by atoms with E-state index < -0.39 is 18.5 Å². The lowest BCUT2D eigenvalue weighted by molar-refractivity contribution is -0.118. The fourth-order valence-electron chi connectivity index (χ4n) is 3.97. The van der Waals surface area contributed by atoms with Crippen molar-refractivity contribution >= 4 is 28.5 Å². The van der Waals surface area contributed by atoms with Gasteiger partial charge in [0.15, 0.2) is 12.4 Å². The standard InChI is InChI=1S/C31H31NO6/c1-6-36-30(35)21-10-14-23(15-11-21)32-26(33)18-37-29-27(34)24-17-19(2)7-16-25(24)38-28(29)20-8-12-22(13-9-20)31(3,4)5/h7-17H,6,18H2,1-5H3,(H,32,33). The van der Waals surface area contributed by atoms with Crippen LogP contribution in [0.25, 0.3) is 22.3 Å². The number of rotatable bonds is 7. The van der Waals surface area contributed by atoms with Gasteiger partial charge in [0.05, 0.1) is 17.6 Å². The number of hydrogen-bond acceptors (Lipinski definition) is 6. The number of hydrogen-bond donors (Lipinski definition) is 1. The van der Waals surface area contributed by atoms with Gasteiger partial charge in [-0.1, -0.05) is 56.7 Å². The zero-order valence-electron chi connectivity index (χ0n) is 22.2. The minimum absolute atomic E-state index is 0.0283. The molecule has 7 nitrogen and oxygen atoms in total. The summed E-state index contributed by atoms with van der Waals surface area (Å²) in [5, 5.41) is 3.09. The van der Waals surface area contributed by atoms with Gasteiger partial charge in [0, 0.05) is 11.3 Å². The minimum atomic E-state index is -0.466. The van der Waals surface area contributed by atoms with Gasteiger partial charge in [-0.3, -0.25) is 9.59 Å². The predicted octanol–water partition coefficient (Wildman–Crippen LogP) is 6.26. The molecule has 0 bridgehead atoms. The third-order valence-electron chi connectivity index (χ3n) is 6.04. The van der Waals surface area contributed by atoms with Gasteiger partial charge in [-0.05, 0) is 61.2 Å². The summed E-state index contributed by atoms with van der Waals surface area (Å²) in [5.41, 5.74) is 3.62. The number of amides is 1. The van der Waals surface area contributed by atoms with Crippen LogP contribution in [0.15, 0.2) is 75.9 Å². The van der Waals surface area contributed by atoms with Crippen LogP contribution < -0.4 is 15.5 Å². The molecule has 1 heterocycles. The van der Waals surface area contributed by atoms with Gasteiger partial charge in [-0.25, -0.2) is 4.79 Å². The molecule has 0 spiro atoms. The first-order valence-corrected chi connectivity index (χ1v) is 12.4. The van der Waals surface area contributed by atoms with Crippen molar-refractivity contribution in [2.75, 3.05) is 18.5 Å². The molecule has 1 amide bonds. The van der Waals surface area contributed by atoms with Crippen LogP contribution in [0.4, 0.5) is 5.69 Å². The summed E-state index contributed by atoms with van der Waals surface area (Å²) in [6, 6.07) is 19.4. The molecule has 1 N–H and O–H groups in total. The number of nitrogens with one attached hydrogen (secondary N) is 1. The molecule has 0 aliphatic rings. The Bertz CT molecular complexity index is 1530. The van der Waals surface area contributed by atoms with Crippen LogP contribution in [0.5, 0.6) is 5.75 Å². The summed E-state index contributed by atoms with van der Waals surface area (Å²) in [6.07, 6.45) is 0. The maximum absolute atomic E-state index is 13.5. The molecular formula is C31H31NO6. The van der Waals surface area contributed by atoms with Crippen LogP contribution >= 0.6 is 0 Å². The highest BCUT2D eigenvalue weighted by Gasteiger charge is 2.20. The molecule has 196 valence electrons. The molecule has 4 rings (SSSR count). The summed E-state index contributed by atoms with van der Waals surface area (Å²) in [5.74, 6) is -0.667. The second kappa shape index (κ2) is 10.9. The second-order valence-electron chi connectivity index (χ2n) is 10.1. The van der Waals surface area contributed by atoms with Gasteiger partial charge in [0.25, 0.3) is 5.91 Å². The molecule has 0 atom stereocenters. The van der Waals surface area contributed by atoms with Gasteiger partial charge in [0.2, 0.25) is 11.2 Å². The van der Waals surface area contributed by atoms with Crippen LogP contribution in [-0.4, -0.2) is 25.1 Å². The van der Waals surface area contributed by atoms with E-state index in [-0.39, 0.29) is 29.0 Å². The molecule has 0 radical (unpaired) electrons. The average molecular weight is 514 g/mol. The summed E-state index contributed by atoms with van der Waals surface area (Å²) in [4.78, 5) is 38.0. The van der Waals surface area contributed by atoms with Crippen LogP contribution in [0.2, 0.25) is 0 Å². The number of esters is 1. The van der Waals surface area contributed by atoms with E-state index in [1.54, 1.807) is 43.3 Å². The molecule has 1 aromatic heterocycles. The number of ether oxygens (including phenoxy) is 2. The minimum Gasteiger partial charge on any atom is -0.476 e. The SMILES string of the molecule is CCOC(=O)c1ccc(NC(=O)COc2c(-c3ccc(C(C)(C)C)cc3)oc3ccc(C)cc3c2=O)cc1. The van der Waals surface area contributed by atoms with Crippen molar-refractivity contribution in [3.63, 3.8) is 0 Å². The fraction of sp³-hybridized carbons (Fsp3) is 0.258. The van der Waals surface area contributed by atoms with Crippen molar-refractivity contribution in [1.29, 1.82) is 0 Å². The third-order valence-corrected chi connectivity index (χ3v) is 6.04. The van der Waals surface area contributed by atoms with E-state index >= 15 is 0 Å². The maximum atomic E-state index is 13.5. The highest BCUT2D eigenvalue weighted by molar-refractivity contribution is 5.94. The van der Waals surface area contributed by atoms with E-state index in [1.165, 1.54) is 0 Å². The molecule has 38 heavy (non-hydrogen) atoms. The number of fused-ring (bicyclic) bond motifs is 1. The highest BCUT2D eigenvalue weighted by Crippen LogP contribution is 2.33. The van der Waals surface area contributed by atoms with Crippen molar-refractivity contribution in [2.24, 2.45) is 0 Å². The smallest absolute Gasteiger partial charge is 0.338 e. The second-order valence-corrected chi connectivity index (χ2v) is 10.1. The largest absolute Gasteiger partial charge is 0.476 e. The number of aryl methyl sites for hydroxylation is 1. The third kappa shape index (κ3) is 5.94. The highest BCUT2D eigenvalue weighted by atomic mass is 16.5. The zero-order chi connectivity index (χ0) is 27.4. The van der Waals surface area contributed by atoms with E-state index in [0.717, 1.165) is 11.1 Å². The van der Waals surface area contributed by atoms with Crippen molar-refractivity contribution < 1.29 is 23.5 Å². The number of anilines is 1. The van der Waals surface area contributed by atoms with Crippen LogP contribution in [0.3, 0.4) is 0 Å². The summed E-state index contributed by atoms with van der Waals surface area (Å²) in [6.45, 7) is 9.86. The first-order valence-electron chi connectivity index (χ1n) is 12.4. The summed E-state index contributed by atoms with van der Waals surface area (Å²) < 4.78 is 16.9. The van der Waals surface area contributed by atoms with Crippen molar-refractivity contribution in [1.82, 2.24) is 0 Å². The molecule has 0 unspecified atom stereocenters. The molecule has 0 saturated carbocycles. The lowest BCUT2D eigenvalue weighted by atomic mass is 9.86. The van der Waals surface area contributed by atoms with Gasteiger partial charge in [-0.2, -0.15) is 0 Å². The van der Waals surface area contributed by atoms with E-state index in [2.05, 4.69) is 26.1 Å². The molecule has 4 aromatic rings. The lowest BCUT2D eigenvalue weighted by Gasteiger charge is -2.19. The van der Waals surface area contributed by atoms with E-state index in [0.29, 0.717) is 27.8 Å². The van der Waals surface area contributed by atoms with Gasteiger partial charge in [0.1, 0.15) is 5.58 Å². The normalized spacial score (nSPS) is 11.3. The molecule has 0 aliphatic heterocycles. The van der Waals surface area contributed by atoms with Crippen molar-refractivity contribution in [2.45, 2.75) is 40.0 Å². The summed E-state index contributed by atoms with van der Waals surface area (Å²) in [7, 11) is 0. The molecule has 3 aromatic carbocycles. The van der Waals surface area contributed by atoms with Crippen LogP contribution in [0, 0.1) is 6.92 Å². The molecule has 0 aliphatic carbocycles. The quantitative estimate of drug-likeness (QED) is 0.293. The van der Waals surface area contributed by atoms with E-state index in [1.807, 2.05) is 37.3 Å². The Balaban J connectivity index is 1.61. The Kier molecular flexibility index (Phi) is 7.67. The predicted molar refractivity (Wildman–Crippen MR) is 148 cm³/mol. The molecule has 0 saturated heterocycles. The van der Waals surface area contributed by atoms with Crippen LogP contribution in [-0.2, 0) is 14.9 Å². The van der Waals surface area contributed by atoms with Crippen molar-refractivity contribution in [3.8, 4) is 17.1 Å². The van der Waals surface area contributed by atoms with E-state index in [9.17, 15) is 14.4 Å². The Morgan fingerprint density at radius 2 is 1.63 bits per heavy atom.